The van der Waals surface area contributed by atoms with Gasteiger partial charge in [0.15, 0.2) is 17.3 Å². The first-order valence-corrected chi connectivity index (χ1v) is 12.6. The Labute approximate surface area is 220 Å². The number of H-pyrrole nitrogens is 1. The Hall–Kier alpha value is -3.73. The Morgan fingerprint density at radius 2 is 2.03 bits per heavy atom. The summed E-state index contributed by atoms with van der Waals surface area (Å²) in [6.07, 6.45) is 4.30. The van der Waals surface area contributed by atoms with Gasteiger partial charge in [-0.2, -0.15) is 0 Å². The van der Waals surface area contributed by atoms with Gasteiger partial charge in [-0.15, -0.1) is 0 Å². The molecule has 3 N–H and O–H groups in total. The Morgan fingerprint density at radius 1 is 1.13 bits per heavy atom. The largest absolute Gasteiger partial charge is 0.497 e. The molecule has 202 valence electrons. The number of carbonyl (C=O) groups excluding carboxylic acids is 1. The zero-order chi connectivity index (χ0) is 26.3. The second kappa shape index (κ2) is 12.2. The predicted octanol–water partition coefficient (Wildman–Crippen LogP) is 3.00. The number of amides is 1. The van der Waals surface area contributed by atoms with E-state index < -0.39 is 6.29 Å². The maximum atomic E-state index is 13.1. The third-order valence-electron chi connectivity index (χ3n) is 6.53. The smallest absolute Gasteiger partial charge is 0.286 e. The molecule has 0 radical (unpaired) electrons. The van der Waals surface area contributed by atoms with Crippen LogP contribution in [0, 0.1) is 0 Å². The van der Waals surface area contributed by atoms with Crippen LogP contribution in [0.4, 0.5) is 0 Å². The SMILES string of the molecule is COc1ccc2[nH]cc(CCNC(=O)C3=C[C@H](c4ccc5c(c4)OCO5)C[C@H](OCCOCCO)O3)c2c1. The molecule has 2 atom stereocenters. The van der Waals surface area contributed by atoms with Crippen molar-refractivity contribution in [2.24, 2.45) is 0 Å². The summed E-state index contributed by atoms with van der Waals surface area (Å²) in [5.41, 5.74) is 3.07. The highest BCUT2D eigenvalue weighted by atomic mass is 16.7. The highest BCUT2D eigenvalue weighted by Crippen LogP contribution is 2.38. The quantitative estimate of drug-likeness (QED) is 0.309. The van der Waals surface area contributed by atoms with E-state index in [1.54, 1.807) is 7.11 Å². The molecular weight excluding hydrogens is 492 g/mol. The van der Waals surface area contributed by atoms with Crippen molar-refractivity contribution in [1.82, 2.24) is 10.3 Å². The van der Waals surface area contributed by atoms with Crippen LogP contribution in [0.1, 0.15) is 23.5 Å². The Morgan fingerprint density at radius 3 is 2.89 bits per heavy atom. The van der Waals surface area contributed by atoms with Crippen LogP contribution in [0.2, 0.25) is 0 Å². The van der Waals surface area contributed by atoms with Gasteiger partial charge in [-0.1, -0.05) is 6.07 Å². The number of aliphatic hydroxyl groups excluding tert-OH is 1. The van der Waals surface area contributed by atoms with E-state index in [1.165, 1.54) is 0 Å². The van der Waals surface area contributed by atoms with Crippen LogP contribution in [-0.4, -0.2) is 69.2 Å². The Balaban J connectivity index is 1.25. The fourth-order valence-electron chi connectivity index (χ4n) is 4.59. The second-order valence-corrected chi connectivity index (χ2v) is 8.97. The van der Waals surface area contributed by atoms with Gasteiger partial charge >= 0.3 is 0 Å². The van der Waals surface area contributed by atoms with Crippen molar-refractivity contribution in [2.45, 2.75) is 25.0 Å². The molecule has 5 rings (SSSR count). The average molecular weight is 525 g/mol. The van der Waals surface area contributed by atoms with E-state index in [0.29, 0.717) is 37.5 Å². The molecule has 0 aliphatic carbocycles. The monoisotopic (exact) mass is 524 g/mol. The molecule has 0 spiro atoms. The number of methoxy groups -OCH3 is 1. The maximum Gasteiger partial charge on any atom is 0.286 e. The molecule has 2 aromatic carbocycles. The number of rotatable bonds is 12. The van der Waals surface area contributed by atoms with Crippen LogP contribution in [0.5, 0.6) is 17.2 Å². The first kappa shape index (κ1) is 25.9. The Kier molecular flexibility index (Phi) is 8.32. The topological polar surface area (TPSA) is 121 Å². The first-order valence-electron chi connectivity index (χ1n) is 12.6. The lowest BCUT2D eigenvalue weighted by Gasteiger charge is -2.29. The van der Waals surface area contributed by atoms with Crippen LogP contribution in [0.15, 0.2) is 54.4 Å². The standard InChI is InChI=1S/C28H32N2O8/c1-33-21-3-4-23-22(15-21)19(16-30-23)6-7-29-28(32)26-13-20(14-27(38-26)35-11-10-34-9-8-31)18-2-5-24-25(12-18)37-17-36-24/h2-5,12-13,15-16,20,27,30-31H,6-11,14,17H2,1H3,(H,29,32)/t20-,27+/m0/s1. The number of nitrogens with one attached hydrogen (secondary N) is 2. The minimum Gasteiger partial charge on any atom is -0.497 e. The zero-order valence-corrected chi connectivity index (χ0v) is 21.2. The number of carbonyl (C=O) groups is 1. The lowest BCUT2D eigenvalue weighted by molar-refractivity contribution is -0.151. The minimum atomic E-state index is -0.630. The molecule has 10 nitrogen and oxygen atoms in total. The first-order chi connectivity index (χ1) is 18.6. The molecule has 10 heteroatoms. The fraction of sp³-hybridized carbons (Fsp3) is 0.393. The van der Waals surface area contributed by atoms with Gasteiger partial charge in [0.25, 0.3) is 5.91 Å². The van der Waals surface area contributed by atoms with Gasteiger partial charge in [0, 0.05) is 36.0 Å². The van der Waals surface area contributed by atoms with Crippen molar-refractivity contribution >= 4 is 16.8 Å². The van der Waals surface area contributed by atoms with Crippen molar-refractivity contribution in [3.63, 3.8) is 0 Å². The van der Waals surface area contributed by atoms with E-state index in [1.807, 2.05) is 48.7 Å². The third kappa shape index (κ3) is 6.04. The van der Waals surface area contributed by atoms with Crippen LogP contribution < -0.4 is 19.5 Å². The van der Waals surface area contributed by atoms with Gasteiger partial charge in [-0.3, -0.25) is 4.79 Å². The van der Waals surface area contributed by atoms with Crippen LogP contribution in [0.25, 0.3) is 10.9 Å². The minimum absolute atomic E-state index is 0.0503. The highest BCUT2D eigenvalue weighted by molar-refractivity contribution is 5.92. The number of fused-ring (bicyclic) bond motifs is 2. The normalized spacial score (nSPS) is 18.2. The molecule has 3 heterocycles. The molecule has 2 aliphatic rings. The average Bonchev–Trinajstić information content (AvgIpc) is 3.59. The van der Waals surface area contributed by atoms with E-state index in [4.69, 9.17) is 33.5 Å². The number of ether oxygens (including phenoxy) is 6. The number of aromatic nitrogens is 1. The molecule has 1 aromatic heterocycles. The summed E-state index contributed by atoms with van der Waals surface area (Å²) in [7, 11) is 1.64. The van der Waals surface area contributed by atoms with E-state index in [9.17, 15) is 4.79 Å². The van der Waals surface area contributed by atoms with Crippen LogP contribution in [0.3, 0.4) is 0 Å². The van der Waals surface area contributed by atoms with E-state index in [2.05, 4.69) is 10.3 Å². The number of aromatic amines is 1. The van der Waals surface area contributed by atoms with Gasteiger partial charge in [0.2, 0.25) is 13.1 Å². The van der Waals surface area contributed by atoms with Crippen LogP contribution in [-0.2, 0) is 25.4 Å². The third-order valence-corrected chi connectivity index (χ3v) is 6.53. The number of allylic oxidation sites excluding steroid dienone is 1. The summed E-state index contributed by atoms with van der Waals surface area (Å²) >= 11 is 0. The molecule has 1 amide bonds. The van der Waals surface area contributed by atoms with Crippen molar-refractivity contribution in [3.05, 3.63) is 65.6 Å². The lowest BCUT2D eigenvalue weighted by atomic mass is 9.92. The predicted molar refractivity (Wildman–Crippen MR) is 138 cm³/mol. The fourth-order valence-corrected chi connectivity index (χ4v) is 4.59. The molecule has 0 fully saturated rings. The van der Waals surface area contributed by atoms with Gasteiger partial charge in [-0.05, 0) is 54.0 Å². The molecule has 0 unspecified atom stereocenters. The molecule has 0 saturated heterocycles. The number of aliphatic hydroxyl groups is 1. The highest BCUT2D eigenvalue weighted by Gasteiger charge is 2.29. The van der Waals surface area contributed by atoms with Crippen molar-refractivity contribution < 1.29 is 38.3 Å². The van der Waals surface area contributed by atoms with Crippen molar-refractivity contribution in [2.75, 3.05) is 46.9 Å². The van der Waals surface area contributed by atoms with Gasteiger partial charge in [0.1, 0.15) is 5.75 Å². The maximum absolute atomic E-state index is 13.1. The molecule has 3 aromatic rings. The van der Waals surface area contributed by atoms with E-state index >= 15 is 0 Å². The van der Waals surface area contributed by atoms with Crippen LogP contribution >= 0.6 is 0 Å². The summed E-state index contributed by atoms with van der Waals surface area (Å²) in [6.45, 7) is 1.40. The van der Waals surface area contributed by atoms with Gasteiger partial charge in [0.05, 0.1) is 33.5 Å². The molecule has 2 aliphatic heterocycles. The summed E-state index contributed by atoms with van der Waals surface area (Å²) in [5.74, 6) is 1.94. The number of hydrogen-bond acceptors (Lipinski definition) is 8. The zero-order valence-electron chi connectivity index (χ0n) is 21.2. The second-order valence-electron chi connectivity index (χ2n) is 8.97. The van der Waals surface area contributed by atoms with Crippen molar-refractivity contribution in [3.8, 4) is 17.2 Å². The van der Waals surface area contributed by atoms with Crippen molar-refractivity contribution in [1.29, 1.82) is 0 Å². The van der Waals surface area contributed by atoms with Gasteiger partial charge < -0.3 is 43.8 Å². The number of hydrogen-bond donors (Lipinski definition) is 3. The lowest BCUT2D eigenvalue weighted by Crippen LogP contribution is -2.34. The Bertz CT molecular complexity index is 1290. The summed E-state index contributed by atoms with van der Waals surface area (Å²) in [5, 5.41) is 12.9. The molecular formula is C28H32N2O8. The van der Waals surface area contributed by atoms with Gasteiger partial charge in [-0.25, -0.2) is 0 Å². The van der Waals surface area contributed by atoms with E-state index in [0.717, 1.165) is 27.8 Å². The molecule has 0 bridgehead atoms. The summed E-state index contributed by atoms with van der Waals surface area (Å²) in [6, 6.07) is 11.6. The number of benzene rings is 2. The molecule has 38 heavy (non-hydrogen) atoms. The molecule has 0 saturated carbocycles. The van der Waals surface area contributed by atoms with E-state index in [-0.39, 0.29) is 44.2 Å². The summed E-state index contributed by atoms with van der Waals surface area (Å²) < 4.78 is 33.4. The summed E-state index contributed by atoms with van der Waals surface area (Å²) in [4.78, 5) is 16.4.